The number of aromatic nitrogens is 2. The number of halogens is 3. The molecule has 0 atom stereocenters. The molecule has 0 aliphatic heterocycles. The highest BCUT2D eigenvalue weighted by molar-refractivity contribution is 7.91. The van der Waals surface area contributed by atoms with E-state index in [1.807, 2.05) is 0 Å². The Balaban J connectivity index is 2.58. The Bertz CT molecular complexity index is 852. The number of carboxylic acids is 1. The van der Waals surface area contributed by atoms with E-state index < -0.39 is 45.0 Å². The summed E-state index contributed by atoms with van der Waals surface area (Å²) in [6, 6.07) is 8.28. The van der Waals surface area contributed by atoms with Crippen LogP contribution in [-0.2, 0) is 20.8 Å². The third-order valence-electron chi connectivity index (χ3n) is 2.92. The third kappa shape index (κ3) is 4.28. The molecule has 2 aromatic rings. The summed E-state index contributed by atoms with van der Waals surface area (Å²) in [5.74, 6) is -2.60. The minimum absolute atomic E-state index is 0.232. The molecule has 1 heterocycles. The van der Waals surface area contributed by atoms with Gasteiger partial charge in [-0.2, -0.15) is 13.2 Å². The van der Waals surface area contributed by atoms with Gasteiger partial charge in [-0.05, 0) is 6.07 Å². The van der Waals surface area contributed by atoms with Crippen LogP contribution in [0.25, 0.3) is 11.3 Å². The molecule has 0 bridgehead atoms. The Labute approximate surface area is 134 Å². The number of carboxylic acid groups (broad SMARTS) is 1. The van der Waals surface area contributed by atoms with E-state index in [4.69, 9.17) is 0 Å². The number of nitrogens with zero attached hydrogens (tertiary/aromatic N) is 2. The average molecular weight is 359 g/mol. The van der Waals surface area contributed by atoms with Crippen LogP contribution in [0.5, 0.6) is 0 Å². The zero-order valence-corrected chi connectivity index (χ0v) is 12.8. The summed E-state index contributed by atoms with van der Waals surface area (Å²) in [5, 5.41) is 9.32. The molecule has 0 fully saturated rings. The number of alkyl halides is 3. The lowest BCUT2D eigenvalue weighted by atomic mass is 10.1. The van der Waals surface area contributed by atoms with Gasteiger partial charge >= 0.3 is 6.18 Å². The fourth-order valence-electron chi connectivity index (χ4n) is 1.78. The third-order valence-corrected chi connectivity index (χ3v) is 4.40. The van der Waals surface area contributed by atoms with Gasteiger partial charge in [-0.1, -0.05) is 30.3 Å². The summed E-state index contributed by atoms with van der Waals surface area (Å²) in [5.41, 5.74) is -1.39. The summed E-state index contributed by atoms with van der Waals surface area (Å²) in [4.78, 5) is 17.1. The van der Waals surface area contributed by atoms with Crippen LogP contribution in [0.3, 0.4) is 0 Å². The number of hydrogen-bond donors (Lipinski definition) is 0. The van der Waals surface area contributed by atoms with Crippen molar-refractivity contribution >= 4 is 15.8 Å². The van der Waals surface area contributed by atoms with Crippen molar-refractivity contribution in [3.8, 4) is 11.3 Å². The number of benzene rings is 1. The summed E-state index contributed by atoms with van der Waals surface area (Å²) in [7, 11) is -4.41. The summed E-state index contributed by atoms with van der Waals surface area (Å²) < 4.78 is 63.0. The first-order chi connectivity index (χ1) is 11.1. The highest BCUT2D eigenvalue weighted by Gasteiger charge is 2.35. The molecule has 0 amide bonds. The molecule has 0 saturated heterocycles. The predicted molar refractivity (Wildman–Crippen MR) is 74.1 cm³/mol. The van der Waals surface area contributed by atoms with Gasteiger partial charge in [0, 0.05) is 18.0 Å². The van der Waals surface area contributed by atoms with Crippen LogP contribution in [0.1, 0.15) is 12.1 Å². The van der Waals surface area contributed by atoms with Gasteiger partial charge in [-0.25, -0.2) is 18.4 Å². The van der Waals surface area contributed by atoms with Gasteiger partial charge in [0.1, 0.15) is 5.69 Å². The van der Waals surface area contributed by atoms with Gasteiger partial charge in [0.25, 0.3) is 0 Å². The van der Waals surface area contributed by atoms with Gasteiger partial charge in [-0.15, -0.1) is 0 Å². The van der Waals surface area contributed by atoms with E-state index in [-0.39, 0.29) is 11.3 Å². The van der Waals surface area contributed by atoms with Gasteiger partial charge in [0.2, 0.25) is 15.0 Å². The Morgan fingerprint density at radius 3 is 2.29 bits per heavy atom. The van der Waals surface area contributed by atoms with Crippen molar-refractivity contribution in [2.45, 2.75) is 17.8 Å². The fourth-order valence-corrected chi connectivity index (χ4v) is 2.87. The molecule has 24 heavy (non-hydrogen) atoms. The predicted octanol–water partition coefficient (Wildman–Crippen LogP) is 1.08. The van der Waals surface area contributed by atoms with E-state index in [2.05, 4.69) is 9.97 Å². The lowest BCUT2D eigenvalue weighted by Crippen LogP contribution is -2.26. The molecule has 0 spiro atoms. The van der Waals surface area contributed by atoms with Crippen molar-refractivity contribution in [1.82, 2.24) is 9.97 Å². The zero-order chi connectivity index (χ0) is 18.0. The second-order valence-corrected chi connectivity index (χ2v) is 6.73. The molecule has 2 rings (SSSR count). The Morgan fingerprint density at radius 1 is 1.12 bits per heavy atom. The van der Waals surface area contributed by atoms with Crippen LogP contribution >= 0.6 is 0 Å². The zero-order valence-electron chi connectivity index (χ0n) is 11.9. The van der Waals surface area contributed by atoms with Gasteiger partial charge in [-0.3, -0.25) is 0 Å². The molecule has 10 heteroatoms. The first kappa shape index (κ1) is 17.9. The SMILES string of the molecule is O=C([O-])CCS(=O)(=O)c1nc(-c2ccccc2)cc(C(F)(F)F)n1. The van der Waals surface area contributed by atoms with E-state index in [1.165, 1.54) is 12.1 Å². The van der Waals surface area contributed by atoms with Gasteiger partial charge < -0.3 is 9.90 Å². The molecule has 0 aliphatic rings. The quantitative estimate of drug-likeness (QED) is 0.741. The average Bonchev–Trinajstić information content (AvgIpc) is 2.52. The molecule has 0 N–H and O–H groups in total. The van der Waals surface area contributed by atoms with Crippen LogP contribution < -0.4 is 5.11 Å². The summed E-state index contributed by atoms with van der Waals surface area (Å²) in [6.45, 7) is 0. The maximum atomic E-state index is 13.0. The van der Waals surface area contributed by atoms with Crippen LogP contribution in [0.2, 0.25) is 0 Å². The molecule has 0 saturated carbocycles. The lowest BCUT2D eigenvalue weighted by molar-refractivity contribution is -0.305. The summed E-state index contributed by atoms with van der Waals surface area (Å²) >= 11 is 0. The minimum atomic E-state index is -4.88. The van der Waals surface area contributed by atoms with Crippen molar-refractivity contribution in [2.75, 3.05) is 5.75 Å². The van der Waals surface area contributed by atoms with Crippen molar-refractivity contribution < 1.29 is 31.5 Å². The first-order valence-electron chi connectivity index (χ1n) is 6.54. The van der Waals surface area contributed by atoms with Crippen LogP contribution in [0, 0.1) is 0 Å². The van der Waals surface area contributed by atoms with Crippen molar-refractivity contribution in [1.29, 1.82) is 0 Å². The van der Waals surface area contributed by atoms with Gasteiger partial charge in [0.15, 0.2) is 0 Å². The van der Waals surface area contributed by atoms with E-state index >= 15 is 0 Å². The monoisotopic (exact) mass is 359 g/mol. The maximum Gasteiger partial charge on any atom is 0.433 e. The number of carbonyl (C=O) groups excluding carboxylic acids is 1. The normalized spacial score (nSPS) is 12.1. The second kappa shape index (κ2) is 6.56. The number of carbonyl (C=O) groups is 1. The van der Waals surface area contributed by atoms with Crippen LogP contribution in [0.15, 0.2) is 41.6 Å². The highest BCUT2D eigenvalue weighted by Crippen LogP contribution is 2.31. The lowest BCUT2D eigenvalue weighted by Gasteiger charge is -2.11. The van der Waals surface area contributed by atoms with E-state index in [0.29, 0.717) is 6.07 Å². The molecule has 6 nitrogen and oxygen atoms in total. The first-order valence-corrected chi connectivity index (χ1v) is 8.19. The molecular weight excluding hydrogens is 349 g/mol. The maximum absolute atomic E-state index is 13.0. The Hall–Kier alpha value is -2.49. The molecule has 1 aromatic heterocycles. The number of sulfone groups is 1. The van der Waals surface area contributed by atoms with E-state index in [1.54, 1.807) is 18.2 Å². The van der Waals surface area contributed by atoms with Crippen LogP contribution in [0.4, 0.5) is 13.2 Å². The molecule has 128 valence electrons. The molecule has 0 aliphatic carbocycles. The number of aliphatic carboxylic acids is 1. The topological polar surface area (TPSA) is 100 Å². The van der Waals surface area contributed by atoms with Crippen molar-refractivity contribution in [2.24, 2.45) is 0 Å². The number of rotatable bonds is 5. The van der Waals surface area contributed by atoms with E-state index in [0.717, 1.165) is 0 Å². The molecule has 0 unspecified atom stereocenters. The Morgan fingerprint density at radius 2 is 1.75 bits per heavy atom. The molecular formula is C14H10F3N2O4S-. The number of hydrogen-bond acceptors (Lipinski definition) is 6. The minimum Gasteiger partial charge on any atom is -0.550 e. The van der Waals surface area contributed by atoms with Crippen molar-refractivity contribution in [3.63, 3.8) is 0 Å². The van der Waals surface area contributed by atoms with Crippen LogP contribution in [-0.4, -0.2) is 30.1 Å². The smallest absolute Gasteiger partial charge is 0.433 e. The highest BCUT2D eigenvalue weighted by atomic mass is 32.2. The second-order valence-electron chi connectivity index (χ2n) is 4.73. The fraction of sp³-hybridized carbons (Fsp3) is 0.214. The van der Waals surface area contributed by atoms with Crippen molar-refractivity contribution in [3.05, 3.63) is 42.1 Å². The molecule has 0 radical (unpaired) electrons. The van der Waals surface area contributed by atoms with E-state index in [9.17, 15) is 31.5 Å². The molecule has 1 aromatic carbocycles. The standard InChI is InChI=1S/C14H11F3N2O4S/c15-14(16,17)11-8-10(9-4-2-1-3-5-9)18-13(19-11)24(22,23)7-6-12(20)21/h1-5,8H,6-7H2,(H,20,21)/p-1. The summed E-state index contributed by atoms with van der Waals surface area (Å²) in [6.07, 6.45) is -5.76. The van der Waals surface area contributed by atoms with Gasteiger partial charge in [0.05, 0.1) is 11.4 Å². The largest absolute Gasteiger partial charge is 0.550 e. The Kier molecular flexibility index (Phi) is 4.88.